The second-order valence-electron chi connectivity index (χ2n) is 3.64. The van der Waals surface area contributed by atoms with Crippen LogP contribution < -0.4 is 10.6 Å². The second kappa shape index (κ2) is 7.67. The van der Waals surface area contributed by atoms with E-state index >= 15 is 0 Å². The molecular formula is C11H21N5O. The quantitative estimate of drug-likeness (QED) is 0.420. The molecule has 0 unspecified atom stereocenters. The summed E-state index contributed by atoms with van der Waals surface area (Å²) in [5.74, 6) is 0.799. The van der Waals surface area contributed by atoms with Gasteiger partial charge in [0.2, 0.25) is 0 Å². The van der Waals surface area contributed by atoms with Crippen LogP contribution in [0, 0.1) is 0 Å². The summed E-state index contributed by atoms with van der Waals surface area (Å²) in [4.78, 5) is 4.45. The molecule has 6 heteroatoms. The van der Waals surface area contributed by atoms with Crippen molar-refractivity contribution in [3.63, 3.8) is 0 Å². The smallest absolute Gasteiger partial charge is 0.191 e. The molecule has 1 rings (SSSR count). The van der Waals surface area contributed by atoms with Gasteiger partial charge in [0, 0.05) is 39.0 Å². The van der Waals surface area contributed by atoms with Gasteiger partial charge in [-0.2, -0.15) is 5.10 Å². The van der Waals surface area contributed by atoms with Gasteiger partial charge in [-0.15, -0.1) is 0 Å². The van der Waals surface area contributed by atoms with E-state index in [9.17, 15) is 0 Å². The molecule has 6 nitrogen and oxygen atoms in total. The van der Waals surface area contributed by atoms with Crippen molar-refractivity contribution in [2.75, 3.05) is 26.8 Å². The number of rotatable bonds is 6. The number of aliphatic imine (C=N–C) groups is 1. The van der Waals surface area contributed by atoms with E-state index in [1.54, 1.807) is 11.8 Å². The Morgan fingerprint density at radius 1 is 1.53 bits per heavy atom. The molecule has 17 heavy (non-hydrogen) atoms. The molecule has 0 aliphatic carbocycles. The lowest BCUT2D eigenvalue weighted by Gasteiger charge is -2.10. The van der Waals surface area contributed by atoms with Crippen LogP contribution >= 0.6 is 0 Å². The highest BCUT2D eigenvalue weighted by Crippen LogP contribution is 1.97. The van der Waals surface area contributed by atoms with E-state index in [0.717, 1.165) is 24.6 Å². The Hall–Kier alpha value is -1.56. The zero-order chi connectivity index (χ0) is 12.5. The van der Waals surface area contributed by atoms with Gasteiger partial charge in [-0.1, -0.05) is 0 Å². The Balaban J connectivity index is 2.44. The standard InChI is InChI=1S/C11H21N5O/c1-4-12-11(13-5-6-17-3)14-7-10-8-15-16(2)9-10/h8-9H,4-7H2,1-3H3,(H2,12,13,14). The van der Waals surface area contributed by atoms with Crippen molar-refractivity contribution >= 4 is 5.96 Å². The van der Waals surface area contributed by atoms with Gasteiger partial charge >= 0.3 is 0 Å². The fourth-order valence-electron chi connectivity index (χ4n) is 1.34. The van der Waals surface area contributed by atoms with Crippen molar-refractivity contribution in [1.82, 2.24) is 20.4 Å². The largest absolute Gasteiger partial charge is 0.383 e. The monoisotopic (exact) mass is 239 g/mol. The van der Waals surface area contributed by atoms with Crippen LogP contribution in [0.4, 0.5) is 0 Å². The summed E-state index contributed by atoms with van der Waals surface area (Å²) < 4.78 is 6.75. The van der Waals surface area contributed by atoms with E-state index in [1.165, 1.54) is 0 Å². The van der Waals surface area contributed by atoms with E-state index in [4.69, 9.17) is 4.74 Å². The molecule has 0 saturated carbocycles. The maximum absolute atomic E-state index is 4.98. The lowest BCUT2D eigenvalue weighted by molar-refractivity contribution is 0.203. The number of methoxy groups -OCH3 is 1. The lowest BCUT2D eigenvalue weighted by Crippen LogP contribution is -2.38. The predicted octanol–water partition coefficient (Wildman–Crippen LogP) is 0.122. The second-order valence-corrected chi connectivity index (χ2v) is 3.64. The Kier molecular flexibility index (Phi) is 6.09. The van der Waals surface area contributed by atoms with Crippen molar-refractivity contribution in [3.8, 4) is 0 Å². The van der Waals surface area contributed by atoms with Crippen LogP contribution in [-0.4, -0.2) is 42.5 Å². The van der Waals surface area contributed by atoms with Gasteiger partial charge < -0.3 is 15.4 Å². The van der Waals surface area contributed by atoms with Crippen LogP contribution in [-0.2, 0) is 18.3 Å². The molecule has 96 valence electrons. The molecule has 0 spiro atoms. The number of hydrogen-bond donors (Lipinski definition) is 2. The van der Waals surface area contributed by atoms with Crippen molar-refractivity contribution in [2.24, 2.45) is 12.0 Å². The molecule has 0 bridgehead atoms. The summed E-state index contributed by atoms with van der Waals surface area (Å²) in [5, 5.41) is 10.5. The first-order chi connectivity index (χ1) is 8.26. The molecule has 0 radical (unpaired) electrons. The molecule has 0 aliphatic heterocycles. The Morgan fingerprint density at radius 2 is 2.35 bits per heavy atom. The SMILES string of the molecule is CCNC(=NCc1cnn(C)c1)NCCOC. The molecule has 1 heterocycles. The van der Waals surface area contributed by atoms with Gasteiger partial charge in [-0.3, -0.25) is 4.68 Å². The summed E-state index contributed by atoms with van der Waals surface area (Å²) >= 11 is 0. The number of aryl methyl sites for hydroxylation is 1. The summed E-state index contributed by atoms with van der Waals surface area (Å²) in [6, 6.07) is 0. The van der Waals surface area contributed by atoms with Crippen molar-refractivity contribution in [2.45, 2.75) is 13.5 Å². The minimum atomic E-state index is 0.621. The third-order valence-electron chi connectivity index (χ3n) is 2.12. The Labute approximate surface area is 102 Å². The maximum atomic E-state index is 4.98. The highest BCUT2D eigenvalue weighted by atomic mass is 16.5. The molecule has 1 aromatic heterocycles. The molecule has 0 atom stereocenters. The van der Waals surface area contributed by atoms with Gasteiger partial charge in [0.1, 0.15) is 0 Å². The van der Waals surface area contributed by atoms with Gasteiger partial charge in [-0.25, -0.2) is 4.99 Å². The molecule has 0 aliphatic rings. The highest BCUT2D eigenvalue weighted by Gasteiger charge is 1.98. The van der Waals surface area contributed by atoms with Crippen molar-refractivity contribution < 1.29 is 4.74 Å². The van der Waals surface area contributed by atoms with Crippen molar-refractivity contribution in [3.05, 3.63) is 18.0 Å². The maximum Gasteiger partial charge on any atom is 0.191 e. The average molecular weight is 239 g/mol. The van der Waals surface area contributed by atoms with Crippen LogP contribution in [0.5, 0.6) is 0 Å². The van der Waals surface area contributed by atoms with Crippen LogP contribution in [0.3, 0.4) is 0 Å². The minimum Gasteiger partial charge on any atom is -0.383 e. The fourth-order valence-corrected chi connectivity index (χ4v) is 1.34. The number of aromatic nitrogens is 2. The fraction of sp³-hybridized carbons (Fsp3) is 0.636. The molecule has 0 amide bonds. The van der Waals surface area contributed by atoms with Gasteiger partial charge in [0.15, 0.2) is 5.96 Å². The van der Waals surface area contributed by atoms with Crippen LogP contribution in [0.15, 0.2) is 17.4 Å². The number of ether oxygens (including phenoxy) is 1. The molecule has 0 saturated heterocycles. The van der Waals surface area contributed by atoms with E-state index < -0.39 is 0 Å². The summed E-state index contributed by atoms with van der Waals surface area (Å²) in [6.45, 7) is 4.91. The molecular weight excluding hydrogens is 218 g/mol. The molecule has 1 aromatic rings. The molecule has 0 aromatic carbocycles. The summed E-state index contributed by atoms with van der Waals surface area (Å²) in [7, 11) is 3.58. The molecule has 2 N–H and O–H groups in total. The first kappa shape index (κ1) is 13.5. The summed E-state index contributed by atoms with van der Waals surface area (Å²) in [6.07, 6.45) is 3.78. The van der Waals surface area contributed by atoms with Gasteiger partial charge in [0.25, 0.3) is 0 Å². The normalized spacial score (nSPS) is 11.6. The van der Waals surface area contributed by atoms with E-state index in [0.29, 0.717) is 13.2 Å². The van der Waals surface area contributed by atoms with Gasteiger partial charge in [-0.05, 0) is 6.92 Å². The topological polar surface area (TPSA) is 63.5 Å². The predicted molar refractivity (Wildman–Crippen MR) is 67.9 cm³/mol. The number of nitrogens with zero attached hydrogens (tertiary/aromatic N) is 3. The van der Waals surface area contributed by atoms with E-state index in [1.807, 2.05) is 26.4 Å². The van der Waals surface area contributed by atoms with Gasteiger partial charge in [0.05, 0.1) is 19.3 Å². The minimum absolute atomic E-state index is 0.621. The van der Waals surface area contributed by atoms with E-state index in [2.05, 4.69) is 20.7 Å². The van der Waals surface area contributed by atoms with Crippen LogP contribution in [0.25, 0.3) is 0 Å². The molecule has 0 fully saturated rings. The number of hydrogen-bond acceptors (Lipinski definition) is 3. The third kappa shape index (κ3) is 5.35. The van der Waals surface area contributed by atoms with Crippen LogP contribution in [0.1, 0.15) is 12.5 Å². The van der Waals surface area contributed by atoms with Crippen LogP contribution in [0.2, 0.25) is 0 Å². The third-order valence-corrected chi connectivity index (χ3v) is 2.12. The summed E-state index contributed by atoms with van der Waals surface area (Å²) in [5.41, 5.74) is 1.09. The zero-order valence-electron chi connectivity index (χ0n) is 10.7. The number of guanidine groups is 1. The van der Waals surface area contributed by atoms with Crippen molar-refractivity contribution in [1.29, 1.82) is 0 Å². The average Bonchev–Trinajstić information content (AvgIpc) is 2.72. The Morgan fingerprint density at radius 3 is 2.94 bits per heavy atom. The zero-order valence-corrected chi connectivity index (χ0v) is 10.7. The van der Waals surface area contributed by atoms with E-state index in [-0.39, 0.29) is 0 Å². The highest BCUT2D eigenvalue weighted by molar-refractivity contribution is 5.79. The Bertz CT molecular complexity index is 347. The number of nitrogens with one attached hydrogen (secondary N) is 2. The lowest BCUT2D eigenvalue weighted by atomic mass is 10.4. The first-order valence-corrected chi connectivity index (χ1v) is 5.75. The first-order valence-electron chi connectivity index (χ1n) is 5.75.